The molecule has 0 heterocycles. The molecule has 13 unspecified atom stereocenters. The summed E-state index contributed by atoms with van der Waals surface area (Å²) in [6.45, 7) is 12.1. The highest BCUT2D eigenvalue weighted by Crippen LogP contribution is 2.61. The molecule has 248 valence electrons. The fourth-order valence-corrected chi connectivity index (χ4v) is 13.8. The normalized spacial score (nSPS) is 48.3. The maximum atomic E-state index is 2.49. The molecule has 6 bridgehead atoms. The fraction of sp³-hybridized carbons (Fsp3) is 1.00. The van der Waals surface area contributed by atoms with Crippen molar-refractivity contribution in [3.63, 3.8) is 0 Å². The van der Waals surface area contributed by atoms with Crippen LogP contribution in [-0.2, 0) is 0 Å². The summed E-state index contributed by atoms with van der Waals surface area (Å²) in [4.78, 5) is 0. The van der Waals surface area contributed by atoms with Gasteiger partial charge in [-0.05, 0) is 159 Å². The van der Waals surface area contributed by atoms with Crippen molar-refractivity contribution in [2.24, 2.45) is 88.8 Å². The van der Waals surface area contributed by atoms with E-state index in [1.165, 1.54) is 93.3 Å². The quantitative estimate of drug-likeness (QED) is 0.262. The van der Waals surface area contributed by atoms with Gasteiger partial charge in [-0.15, -0.1) is 0 Å². The standard InChI is InChI=1S/2C11H18.C8H14.C7H14.C6H12/c2*1-7-5-8-6-11(7)10-4-2-3-9(8)10;1-6-4-7-2-3-8(6)5-7;1-7-5-3-2-4-6-7;1-6-4-2-3-5-6/h2*7-11H,2-6H2,1H3;6-8H,2-5H2,1H3;7H,2-6H2,1H3;6H,2-5H2,1H3. The molecule has 0 heteroatoms. The van der Waals surface area contributed by atoms with Gasteiger partial charge in [0.05, 0.1) is 0 Å². The van der Waals surface area contributed by atoms with Crippen LogP contribution in [-0.4, -0.2) is 0 Å². The molecule has 10 rings (SSSR count). The third kappa shape index (κ3) is 7.94. The monoisotopic (exact) mass is 593 g/mol. The van der Waals surface area contributed by atoms with Gasteiger partial charge in [0.15, 0.2) is 0 Å². The van der Waals surface area contributed by atoms with E-state index in [0.29, 0.717) is 0 Å². The number of rotatable bonds is 0. The summed E-state index contributed by atoms with van der Waals surface area (Å²) in [5.74, 6) is 17.0. The molecule has 0 radical (unpaired) electrons. The molecule has 43 heavy (non-hydrogen) atoms. The van der Waals surface area contributed by atoms with Crippen LogP contribution in [0, 0.1) is 88.8 Å². The molecule has 13 atom stereocenters. The Balaban J connectivity index is 0.0000000978. The molecule has 0 aromatic carbocycles. The van der Waals surface area contributed by atoms with Gasteiger partial charge in [-0.25, -0.2) is 0 Å². The second-order valence-corrected chi connectivity index (χ2v) is 19.0. The van der Waals surface area contributed by atoms with E-state index in [-0.39, 0.29) is 0 Å². The molecule has 0 saturated heterocycles. The summed E-state index contributed by atoms with van der Waals surface area (Å²) in [6.07, 6.45) is 35.4. The number of hydrogen-bond donors (Lipinski definition) is 0. The second-order valence-electron chi connectivity index (χ2n) is 19.0. The summed E-state index contributed by atoms with van der Waals surface area (Å²) in [5.41, 5.74) is 0. The zero-order chi connectivity index (χ0) is 29.9. The topological polar surface area (TPSA) is 0 Å². The molecule has 10 aliphatic rings. The Hall–Kier alpha value is 0. The molecule has 10 aliphatic carbocycles. The van der Waals surface area contributed by atoms with Crippen molar-refractivity contribution in [1.29, 1.82) is 0 Å². The van der Waals surface area contributed by atoms with Crippen LogP contribution in [0.4, 0.5) is 0 Å². The maximum absolute atomic E-state index is 2.49. The minimum absolute atomic E-state index is 1.04. The lowest BCUT2D eigenvalue weighted by Crippen LogP contribution is -2.22. The Morgan fingerprint density at radius 3 is 1.07 bits per heavy atom. The molecular formula is C43H76. The van der Waals surface area contributed by atoms with E-state index >= 15 is 0 Å². The lowest BCUT2D eigenvalue weighted by atomic mass is 9.77. The average Bonchev–Trinajstić information content (AvgIpc) is 3.83. The first-order chi connectivity index (χ1) is 20.9. The first-order valence-electron chi connectivity index (χ1n) is 20.9. The minimum atomic E-state index is 1.04. The van der Waals surface area contributed by atoms with Crippen LogP contribution < -0.4 is 0 Å². The van der Waals surface area contributed by atoms with Crippen molar-refractivity contribution in [3.8, 4) is 0 Å². The van der Waals surface area contributed by atoms with Gasteiger partial charge in [-0.2, -0.15) is 0 Å². The lowest BCUT2D eigenvalue weighted by molar-refractivity contribution is 0.201. The summed E-state index contributed by atoms with van der Waals surface area (Å²) < 4.78 is 0. The third-order valence-electron chi connectivity index (χ3n) is 16.2. The fourth-order valence-electron chi connectivity index (χ4n) is 13.8. The molecule has 0 spiro atoms. The van der Waals surface area contributed by atoms with Crippen LogP contribution >= 0.6 is 0 Å². The largest absolute Gasteiger partial charge is 0.0625 e. The van der Waals surface area contributed by atoms with Crippen molar-refractivity contribution in [2.75, 3.05) is 0 Å². The van der Waals surface area contributed by atoms with E-state index in [0.717, 1.165) is 53.3 Å². The predicted octanol–water partition coefficient (Wildman–Crippen LogP) is 13.4. The minimum Gasteiger partial charge on any atom is -0.0625 e. The van der Waals surface area contributed by atoms with E-state index in [2.05, 4.69) is 34.6 Å². The van der Waals surface area contributed by atoms with Gasteiger partial charge in [0.1, 0.15) is 0 Å². The van der Waals surface area contributed by atoms with Gasteiger partial charge >= 0.3 is 0 Å². The Labute approximate surface area is 270 Å². The Morgan fingerprint density at radius 2 is 0.744 bits per heavy atom. The zero-order valence-electron chi connectivity index (χ0n) is 29.9. The molecule has 0 N–H and O–H groups in total. The molecule has 0 aromatic rings. The molecule has 0 aliphatic heterocycles. The van der Waals surface area contributed by atoms with Crippen LogP contribution in [0.1, 0.15) is 182 Å². The van der Waals surface area contributed by atoms with E-state index in [4.69, 9.17) is 0 Å². The van der Waals surface area contributed by atoms with E-state index in [9.17, 15) is 0 Å². The highest BCUT2D eigenvalue weighted by atomic mass is 14.6. The smallest absolute Gasteiger partial charge is 0.0352 e. The van der Waals surface area contributed by atoms with Crippen molar-refractivity contribution < 1.29 is 0 Å². The molecule has 10 fully saturated rings. The zero-order valence-corrected chi connectivity index (χ0v) is 29.9. The molecule has 0 nitrogen and oxygen atoms in total. The summed E-state index contributed by atoms with van der Waals surface area (Å²) >= 11 is 0. The highest BCUT2D eigenvalue weighted by Gasteiger charge is 2.53. The van der Waals surface area contributed by atoms with Gasteiger partial charge in [0, 0.05) is 0 Å². The van der Waals surface area contributed by atoms with Gasteiger partial charge in [-0.3, -0.25) is 0 Å². The number of hydrogen-bond acceptors (Lipinski definition) is 0. The Kier molecular flexibility index (Phi) is 11.7. The predicted molar refractivity (Wildman–Crippen MR) is 187 cm³/mol. The van der Waals surface area contributed by atoms with E-state index < -0.39 is 0 Å². The van der Waals surface area contributed by atoms with Crippen molar-refractivity contribution >= 4 is 0 Å². The van der Waals surface area contributed by atoms with Crippen LogP contribution in [0.25, 0.3) is 0 Å². The molecular weight excluding hydrogens is 516 g/mol. The molecule has 10 saturated carbocycles. The number of fused-ring (bicyclic) bond motifs is 12. The van der Waals surface area contributed by atoms with Gasteiger partial charge in [0.2, 0.25) is 0 Å². The lowest BCUT2D eigenvalue weighted by Gasteiger charge is -2.29. The van der Waals surface area contributed by atoms with E-state index in [1.54, 1.807) is 89.9 Å². The summed E-state index contributed by atoms with van der Waals surface area (Å²) in [6, 6.07) is 0. The van der Waals surface area contributed by atoms with Crippen LogP contribution in [0.15, 0.2) is 0 Å². The van der Waals surface area contributed by atoms with Gasteiger partial charge < -0.3 is 0 Å². The Bertz CT molecular complexity index is 774. The van der Waals surface area contributed by atoms with Gasteiger partial charge in [0.25, 0.3) is 0 Å². The van der Waals surface area contributed by atoms with E-state index in [1.807, 2.05) is 0 Å². The Morgan fingerprint density at radius 1 is 0.279 bits per heavy atom. The SMILES string of the molecule is CC1CC2CC1C1CCCC21.CC1CC2CC1C1CCCC21.CC1CC2CCC1C2.CC1CCCC1.CC1CCCCC1. The van der Waals surface area contributed by atoms with Gasteiger partial charge in [-0.1, -0.05) is 112 Å². The van der Waals surface area contributed by atoms with Crippen LogP contribution in [0.5, 0.6) is 0 Å². The van der Waals surface area contributed by atoms with Crippen molar-refractivity contribution in [1.82, 2.24) is 0 Å². The van der Waals surface area contributed by atoms with Crippen molar-refractivity contribution in [2.45, 2.75) is 182 Å². The third-order valence-corrected chi connectivity index (χ3v) is 16.2. The average molecular weight is 593 g/mol. The van der Waals surface area contributed by atoms with Crippen molar-refractivity contribution in [3.05, 3.63) is 0 Å². The first-order valence-corrected chi connectivity index (χ1v) is 20.9. The highest BCUT2D eigenvalue weighted by molar-refractivity contribution is 5.02. The molecule has 0 amide bonds. The summed E-state index contributed by atoms with van der Waals surface area (Å²) in [7, 11) is 0. The van der Waals surface area contributed by atoms with Crippen LogP contribution in [0.2, 0.25) is 0 Å². The van der Waals surface area contributed by atoms with Crippen LogP contribution in [0.3, 0.4) is 0 Å². The summed E-state index contributed by atoms with van der Waals surface area (Å²) in [5, 5.41) is 0. The maximum Gasteiger partial charge on any atom is -0.0352 e. The second kappa shape index (κ2) is 15.3. The first kappa shape index (κ1) is 32.9. The molecule has 0 aromatic heterocycles.